The molecule has 1 aliphatic heterocycles. The average Bonchev–Trinajstić information content (AvgIpc) is 3.39. The summed E-state index contributed by atoms with van der Waals surface area (Å²) >= 11 is 0. The molecule has 4 aromatic rings. The highest BCUT2D eigenvalue weighted by molar-refractivity contribution is 6.05. The second-order valence-electron chi connectivity index (χ2n) is 7.00. The maximum atomic E-state index is 13.1. The SMILES string of the molecule is O=C1CCCN1c1nc(-c2noc(Cc3ccc(F)cc3)n2)c(O)c2ncccc12. The van der Waals surface area contributed by atoms with Crippen molar-refractivity contribution in [2.24, 2.45) is 0 Å². The van der Waals surface area contributed by atoms with Crippen LogP contribution in [0.3, 0.4) is 0 Å². The first-order chi connectivity index (χ1) is 14.6. The number of rotatable bonds is 4. The summed E-state index contributed by atoms with van der Waals surface area (Å²) in [6, 6.07) is 9.46. The summed E-state index contributed by atoms with van der Waals surface area (Å²) in [6.07, 6.45) is 3.04. The number of carbonyl (C=O) groups is 1. The molecule has 150 valence electrons. The van der Waals surface area contributed by atoms with Gasteiger partial charge < -0.3 is 9.63 Å². The lowest BCUT2D eigenvalue weighted by molar-refractivity contribution is -0.117. The number of aromatic nitrogens is 4. The summed E-state index contributed by atoms with van der Waals surface area (Å²) in [5.41, 5.74) is 1.19. The van der Waals surface area contributed by atoms with Gasteiger partial charge in [-0.1, -0.05) is 17.3 Å². The predicted octanol–water partition coefficient (Wildman–Crippen LogP) is 3.24. The van der Waals surface area contributed by atoms with E-state index in [1.807, 2.05) is 0 Å². The third kappa shape index (κ3) is 3.14. The normalized spacial score (nSPS) is 14.0. The maximum Gasteiger partial charge on any atom is 0.231 e. The Kier molecular flexibility index (Phi) is 4.35. The van der Waals surface area contributed by atoms with E-state index in [0.29, 0.717) is 36.1 Å². The molecule has 1 amide bonds. The molecule has 0 bridgehead atoms. The molecule has 0 spiro atoms. The first kappa shape index (κ1) is 18.2. The Morgan fingerprint density at radius 3 is 2.77 bits per heavy atom. The van der Waals surface area contributed by atoms with Gasteiger partial charge in [0.15, 0.2) is 11.4 Å². The molecule has 9 heteroatoms. The van der Waals surface area contributed by atoms with Gasteiger partial charge in [-0.05, 0) is 36.2 Å². The number of carbonyl (C=O) groups excluding carboxylic acids is 1. The third-order valence-electron chi connectivity index (χ3n) is 4.99. The van der Waals surface area contributed by atoms with Gasteiger partial charge in [0.25, 0.3) is 0 Å². The van der Waals surface area contributed by atoms with Crippen molar-refractivity contribution in [3.05, 3.63) is 59.9 Å². The Hall–Kier alpha value is -3.88. The van der Waals surface area contributed by atoms with Crippen molar-refractivity contribution in [1.29, 1.82) is 0 Å². The van der Waals surface area contributed by atoms with Crippen LogP contribution >= 0.6 is 0 Å². The van der Waals surface area contributed by atoms with Gasteiger partial charge in [0, 0.05) is 24.5 Å². The minimum absolute atomic E-state index is 0.0330. The Morgan fingerprint density at radius 2 is 2.00 bits per heavy atom. The predicted molar refractivity (Wildman–Crippen MR) is 105 cm³/mol. The summed E-state index contributed by atoms with van der Waals surface area (Å²) in [5, 5.41) is 15.3. The Bertz CT molecular complexity index is 1260. The summed E-state index contributed by atoms with van der Waals surface area (Å²) in [4.78, 5) is 27.0. The van der Waals surface area contributed by atoms with Crippen LogP contribution in [0.25, 0.3) is 22.4 Å². The second-order valence-corrected chi connectivity index (χ2v) is 7.00. The van der Waals surface area contributed by atoms with Gasteiger partial charge in [0.1, 0.15) is 17.2 Å². The van der Waals surface area contributed by atoms with Crippen LogP contribution in [-0.4, -0.2) is 37.7 Å². The smallest absolute Gasteiger partial charge is 0.231 e. The fourth-order valence-electron chi connectivity index (χ4n) is 3.54. The van der Waals surface area contributed by atoms with Crippen molar-refractivity contribution < 1.29 is 18.8 Å². The van der Waals surface area contributed by atoms with Crippen molar-refractivity contribution in [2.45, 2.75) is 19.3 Å². The molecule has 0 radical (unpaired) electrons. The fraction of sp³-hybridized carbons (Fsp3) is 0.190. The summed E-state index contributed by atoms with van der Waals surface area (Å²) in [7, 11) is 0. The first-order valence-electron chi connectivity index (χ1n) is 9.45. The number of hydrogen-bond donors (Lipinski definition) is 1. The number of anilines is 1. The number of fused-ring (bicyclic) bond motifs is 1. The van der Waals surface area contributed by atoms with Crippen LogP contribution in [0.1, 0.15) is 24.3 Å². The molecule has 0 atom stereocenters. The highest BCUT2D eigenvalue weighted by Crippen LogP contribution is 2.37. The number of aromatic hydroxyl groups is 1. The zero-order valence-corrected chi connectivity index (χ0v) is 15.7. The van der Waals surface area contributed by atoms with Crippen molar-refractivity contribution in [1.82, 2.24) is 20.1 Å². The molecule has 1 saturated heterocycles. The molecular weight excluding hydrogens is 389 g/mol. The fourth-order valence-corrected chi connectivity index (χ4v) is 3.54. The molecule has 1 aromatic carbocycles. The maximum absolute atomic E-state index is 13.1. The van der Waals surface area contributed by atoms with E-state index in [0.717, 1.165) is 12.0 Å². The van der Waals surface area contributed by atoms with Crippen molar-refractivity contribution in [2.75, 3.05) is 11.4 Å². The van der Waals surface area contributed by atoms with E-state index in [4.69, 9.17) is 4.52 Å². The second kappa shape index (κ2) is 7.18. The number of halogens is 1. The standard InChI is InChI=1S/C21H16FN5O3/c22-13-7-5-12(6-8-13)11-15-24-20(26-30-15)18-19(29)17-14(3-1-9-23-17)21(25-18)27-10-2-4-16(27)28/h1,3,5-9,29H,2,4,10-11H2. The first-order valence-corrected chi connectivity index (χ1v) is 9.45. The van der Waals surface area contributed by atoms with Crippen LogP contribution in [0.5, 0.6) is 5.75 Å². The lowest BCUT2D eigenvalue weighted by Gasteiger charge is -2.18. The summed E-state index contributed by atoms with van der Waals surface area (Å²) in [6.45, 7) is 0.544. The number of pyridine rings is 2. The van der Waals surface area contributed by atoms with Crippen molar-refractivity contribution in [3.8, 4) is 17.3 Å². The Morgan fingerprint density at radius 1 is 1.17 bits per heavy atom. The monoisotopic (exact) mass is 405 g/mol. The molecule has 1 aliphatic rings. The van der Waals surface area contributed by atoms with E-state index in [9.17, 15) is 14.3 Å². The molecule has 8 nitrogen and oxygen atoms in total. The van der Waals surface area contributed by atoms with Crippen molar-refractivity contribution >= 4 is 22.6 Å². The third-order valence-corrected chi connectivity index (χ3v) is 4.99. The highest BCUT2D eigenvalue weighted by atomic mass is 19.1. The largest absolute Gasteiger partial charge is 0.504 e. The van der Waals surface area contributed by atoms with Gasteiger partial charge in [-0.25, -0.2) is 9.37 Å². The molecule has 30 heavy (non-hydrogen) atoms. The molecule has 5 rings (SSSR count). The topological polar surface area (TPSA) is 105 Å². The number of amides is 1. The molecule has 0 saturated carbocycles. The molecule has 4 heterocycles. The molecule has 1 N–H and O–H groups in total. The van der Waals surface area contributed by atoms with E-state index in [1.165, 1.54) is 12.1 Å². The number of hydrogen-bond acceptors (Lipinski definition) is 7. The van der Waals surface area contributed by atoms with Gasteiger partial charge in [0.2, 0.25) is 17.6 Å². The van der Waals surface area contributed by atoms with Gasteiger partial charge >= 0.3 is 0 Å². The zero-order chi connectivity index (χ0) is 20.7. The minimum atomic E-state index is -0.327. The van der Waals surface area contributed by atoms with E-state index in [1.54, 1.807) is 35.4 Å². The quantitative estimate of drug-likeness (QED) is 0.556. The number of nitrogens with zero attached hydrogens (tertiary/aromatic N) is 5. The minimum Gasteiger partial charge on any atom is -0.504 e. The van der Waals surface area contributed by atoms with Gasteiger partial charge in [-0.3, -0.25) is 14.7 Å². The van der Waals surface area contributed by atoms with E-state index >= 15 is 0 Å². The highest BCUT2D eigenvalue weighted by Gasteiger charge is 2.28. The van der Waals surface area contributed by atoms with Crippen LogP contribution < -0.4 is 4.90 Å². The Labute approximate surface area is 170 Å². The van der Waals surface area contributed by atoms with Crippen LogP contribution in [0.4, 0.5) is 10.2 Å². The average molecular weight is 405 g/mol. The molecule has 1 fully saturated rings. The van der Waals surface area contributed by atoms with E-state index in [-0.39, 0.29) is 34.9 Å². The summed E-state index contributed by atoms with van der Waals surface area (Å²) < 4.78 is 18.4. The van der Waals surface area contributed by atoms with Gasteiger partial charge in [-0.2, -0.15) is 4.98 Å². The van der Waals surface area contributed by atoms with Gasteiger partial charge in [-0.15, -0.1) is 0 Å². The summed E-state index contributed by atoms with van der Waals surface area (Å²) in [5.74, 6) is 0.248. The van der Waals surface area contributed by atoms with Crippen LogP contribution in [0.15, 0.2) is 47.1 Å². The lowest BCUT2D eigenvalue weighted by atomic mass is 10.1. The lowest BCUT2D eigenvalue weighted by Crippen LogP contribution is -2.25. The Balaban J connectivity index is 1.57. The van der Waals surface area contributed by atoms with Crippen LogP contribution in [-0.2, 0) is 11.2 Å². The van der Waals surface area contributed by atoms with E-state index in [2.05, 4.69) is 20.1 Å². The molecular formula is C21H16FN5O3. The number of benzene rings is 1. The van der Waals surface area contributed by atoms with Crippen molar-refractivity contribution in [3.63, 3.8) is 0 Å². The molecule has 0 aliphatic carbocycles. The van der Waals surface area contributed by atoms with Crippen LogP contribution in [0, 0.1) is 5.82 Å². The molecule has 0 unspecified atom stereocenters. The van der Waals surface area contributed by atoms with E-state index < -0.39 is 0 Å². The zero-order valence-electron chi connectivity index (χ0n) is 15.7. The molecule has 3 aromatic heterocycles. The van der Waals surface area contributed by atoms with Gasteiger partial charge in [0.05, 0.1) is 6.42 Å². The van der Waals surface area contributed by atoms with Crippen LogP contribution in [0.2, 0.25) is 0 Å².